The van der Waals surface area contributed by atoms with Crippen LogP contribution in [0.1, 0.15) is 54.8 Å². The molecule has 5 nitrogen and oxygen atoms in total. The Balaban J connectivity index is 2.12. The van der Waals surface area contributed by atoms with Gasteiger partial charge in [-0.25, -0.2) is 0 Å². The minimum atomic E-state index is -0.523. The zero-order valence-corrected chi connectivity index (χ0v) is 13.2. The number of carbonyl (C=O) groups is 2. The quantitative estimate of drug-likeness (QED) is 0.742. The second-order valence-corrected chi connectivity index (χ2v) is 7.65. The van der Waals surface area contributed by atoms with Gasteiger partial charge < -0.3 is 16.8 Å². The van der Waals surface area contributed by atoms with Gasteiger partial charge in [0.1, 0.15) is 4.88 Å². The molecule has 1 aliphatic heterocycles. The number of allylic oxidation sites excluding steroid dienone is 2. The van der Waals surface area contributed by atoms with E-state index in [2.05, 4.69) is 19.2 Å². The Morgan fingerprint density at radius 2 is 2.05 bits per heavy atom. The van der Waals surface area contributed by atoms with Crippen LogP contribution >= 0.6 is 11.3 Å². The number of hydrogen-bond donors (Lipinski definition) is 3. The van der Waals surface area contributed by atoms with Crippen molar-refractivity contribution in [1.29, 1.82) is 0 Å². The zero-order valence-electron chi connectivity index (χ0n) is 12.4. The van der Waals surface area contributed by atoms with E-state index in [9.17, 15) is 9.59 Å². The van der Waals surface area contributed by atoms with Crippen LogP contribution in [0.25, 0.3) is 0 Å². The molecule has 0 aromatic carbocycles. The van der Waals surface area contributed by atoms with Crippen molar-refractivity contribution in [3.63, 3.8) is 0 Å². The molecule has 1 amide bonds. The van der Waals surface area contributed by atoms with E-state index in [0.717, 1.165) is 28.3 Å². The van der Waals surface area contributed by atoms with Crippen molar-refractivity contribution in [2.45, 2.75) is 39.5 Å². The van der Waals surface area contributed by atoms with Gasteiger partial charge in [-0.05, 0) is 11.8 Å². The van der Waals surface area contributed by atoms with E-state index in [1.54, 1.807) is 0 Å². The topological polar surface area (TPSA) is 98.2 Å². The summed E-state index contributed by atoms with van der Waals surface area (Å²) in [5, 5.41) is 4.17. The van der Waals surface area contributed by atoms with Gasteiger partial charge in [-0.2, -0.15) is 0 Å². The Hall–Kier alpha value is -1.82. The number of nitrogens with one attached hydrogen (secondary N) is 1. The minimum absolute atomic E-state index is 0.0462. The molecule has 21 heavy (non-hydrogen) atoms. The Kier molecular flexibility index (Phi) is 2.92. The molecular weight excluding hydrogens is 286 g/mol. The molecule has 2 aliphatic rings. The van der Waals surface area contributed by atoms with Crippen LogP contribution in [0.2, 0.25) is 0 Å². The number of ketones is 1. The van der Waals surface area contributed by atoms with Gasteiger partial charge in [-0.15, -0.1) is 11.3 Å². The molecule has 112 valence electrons. The van der Waals surface area contributed by atoms with Crippen molar-refractivity contribution in [1.82, 2.24) is 0 Å². The van der Waals surface area contributed by atoms with Gasteiger partial charge in [-0.3, -0.25) is 9.59 Å². The number of hydrogen-bond acceptors (Lipinski definition) is 5. The number of thiophene rings is 1. The summed E-state index contributed by atoms with van der Waals surface area (Å²) in [4.78, 5) is 24.3. The van der Waals surface area contributed by atoms with Crippen molar-refractivity contribution >= 4 is 33.7 Å². The lowest BCUT2D eigenvalue weighted by Crippen LogP contribution is -2.32. The summed E-state index contributed by atoms with van der Waals surface area (Å²) in [6.45, 7) is 6.15. The second-order valence-electron chi connectivity index (χ2n) is 6.63. The molecule has 0 saturated heterocycles. The van der Waals surface area contributed by atoms with Crippen LogP contribution in [-0.2, 0) is 4.79 Å². The van der Waals surface area contributed by atoms with Gasteiger partial charge in [0.25, 0.3) is 5.91 Å². The number of carbonyl (C=O) groups excluding carboxylic acids is 2. The van der Waals surface area contributed by atoms with Crippen molar-refractivity contribution in [2.24, 2.45) is 11.1 Å². The third-order valence-corrected chi connectivity index (χ3v) is 5.41. The van der Waals surface area contributed by atoms with E-state index in [1.165, 1.54) is 11.3 Å². The van der Waals surface area contributed by atoms with Crippen molar-refractivity contribution in [2.75, 3.05) is 11.1 Å². The Morgan fingerprint density at radius 3 is 2.67 bits per heavy atom. The number of nitrogens with two attached hydrogens (primary N) is 2. The molecule has 1 unspecified atom stereocenters. The molecule has 6 heteroatoms. The highest BCUT2D eigenvalue weighted by atomic mass is 32.1. The summed E-state index contributed by atoms with van der Waals surface area (Å²) >= 11 is 1.27. The molecule has 1 aromatic heterocycles. The molecule has 0 spiro atoms. The van der Waals surface area contributed by atoms with Crippen LogP contribution in [0.15, 0.2) is 11.3 Å². The summed E-state index contributed by atoms with van der Waals surface area (Å²) in [6.07, 6.45) is 1.36. The molecule has 1 aliphatic carbocycles. The van der Waals surface area contributed by atoms with E-state index in [-0.39, 0.29) is 17.1 Å². The average molecular weight is 305 g/mol. The van der Waals surface area contributed by atoms with Gasteiger partial charge in [0.05, 0.1) is 10.7 Å². The van der Waals surface area contributed by atoms with E-state index in [4.69, 9.17) is 11.5 Å². The van der Waals surface area contributed by atoms with Crippen LogP contribution in [0.3, 0.4) is 0 Å². The fourth-order valence-corrected chi connectivity index (χ4v) is 4.49. The molecular formula is C15H19N3O2S. The van der Waals surface area contributed by atoms with E-state index in [1.807, 2.05) is 6.92 Å². The lowest BCUT2D eigenvalue weighted by molar-refractivity contribution is -0.118. The van der Waals surface area contributed by atoms with Gasteiger partial charge in [0.2, 0.25) is 0 Å². The smallest absolute Gasteiger partial charge is 0.260 e. The van der Waals surface area contributed by atoms with Crippen LogP contribution in [0.5, 0.6) is 0 Å². The molecule has 2 heterocycles. The first kappa shape index (κ1) is 14.1. The van der Waals surface area contributed by atoms with Crippen LogP contribution < -0.4 is 16.8 Å². The van der Waals surface area contributed by atoms with E-state index < -0.39 is 5.91 Å². The van der Waals surface area contributed by atoms with Gasteiger partial charge in [0.15, 0.2) is 5.78 Å². The zero-order chi connectivity index (χ0) is 15.5. The SMILES string of the molecule is CC1C2=C(CC(C)(C)CC2=O)Nc2sc(C(N)=O)c(N)c21. The predicted octanol–water partition coefficient (Wildman–Crippen LogP) is 2.60. The van der Waals surface area contributed by atoms with Crippen LogP contribution in [0, 0.1) is 5.41 Å². The molecule has 1 aromatic rings. The molecule has 0 saturated carbocycles. The number of fused-ring (bicyclic) bond motifs is 1. The summed E-state index contributed by atoms with van der Waals surface area (Å²) in [6, 6.07) is 0. The predicted molar refractivity (Wildman–Crippen MR) is 84.3 cm³/mol. The highest BCUT2D eigenvalue weighted by molar-refractivity contribution is 7.18. The number of primary amides is 1. The number of amides is 1. The molecule has 0 bridgehead atoms. The highest BCUT2D eigenvalue weighted by Gasteiger charge is 2.40. The van der Waals surface area contributed by atoms with Crippen LogP contribution in [-0.4, -0.2) is 11.7 Å². The number of Topliss-reactive ketones (excluding diaryl/α,β-unsaturated/α-hetero) is 1. The fraction of sp³-hybridized carbons (Fsp3) is 0.467. The lowest BCUT2D eigenvalue weighted by atomic mass is 9.71. The first-order chi connectivity index (χ1) is 9.71. The maximum atomic E-state index is 12.5. The standard InChI is InChI=1S/C15H19N3O2S/c1-6-9-7(4-15(2,3)5-8(9)19)18-14-10(6)11(16)12(21-14)13(17)20/h6,18H,4-5,16H2,1-3H3,(H2,17,20). The Bertz CT molecular complexity index is 700. The second kappa shape index (κ2) is 4.34. The third kappa shape index (κ3) is 2.05. The van der Waals surface area contributed by atoms with E-state index >= 15 is 0 Å². The summed E-state index contributed by atoms with van der Waals surface area (Å²) in [5.41, 5.74) is 14.4. The van der Waals surface area contributed by atoms with Crippen molar-refractivity contribution in [3.8, 4) is 0 Å². The van der Waals surface area contributed by atoms with E-state index in [0.29, 0.717) is 17.0 Å². The van der Waals surface area contributed by atoms with Crippen molar-refractivity contribution < 1.29 is 9.59 Å². The number of rotatable bonds is 1. The average Bonchev–Trinajstić information content (AvgIpc) is 2.64. The molecule has 3 rings (SSSR count). The van der Waals surface area contributed by atoms with Crippen molar-refractivity contribution in [3.05, 3.63) is 21.7 Å². The minimum Gasteiger partial charge on any atom is -0.397 e. The summed E-state index contributed by atoms with van der Waals surface area (Å²) in [7, 11) is 0. The Labute approximate surface area is 127 Å². The van der Waals surface area contributed by atoms with Gasteiger partial charge in [-0.1, -0.05) is 20.8 Å². The third-order valence-electron chi connectivity index (χ3n) is 4.26. The lowest BCUT2D eigenvalue weighted by Gasteiger charge is -2.37. The first-order valence-corrected chi connectivity index (χ1v) is 7.78. The van der Waals surface area contributed by atoms with Gasteiger partial charge >= 0.3 is 0 Å². The fourth-order valence-electron chi connectivity index (χ4n) is 3.39. The molecule has 0 radical (unpaired) electrons. The number of anilines is 2. The van der Waals surface area contributed by atoms with Crippen LogP contribution in [0.4, 0.5) is 10.7 Å². The first-order valence-electron chi connectivity index (χ1n) is 6.96. The summed E-state index contributed by atoms with van der Waals surface area (Å²) in [5.74, 6) is -0.451. The maximum Gasteiger partial charge on any atom is 0.260 e. The molecule has 0 fully saturated rings. The normalized spacial score (nSPS) is 23.4. The monoisotopic (exact) mass is 305 g/mol. The number of nitrogen functional groups attached to an aromatic ring is 1. The summed E-state index contributed by atoms with van der Waals surface area (Å²) < 4.78 is 0. The van der Waals surface area contributed by atoms with Gasteiger partial charge in [0, 0.05) is 29.2 Å². The molecule has 5 N–H and O–H groups in total. The largest absolute Gasteiger partial charge is 0.397 e. The Morgan fingerprint density at radius 1 is 1.38 bits per heavy atom. The highest BCUT2D eigenvalue weighted by Crippen LogP contribution is 2.51. The maximum absolute atomic E-state index is 12.5. The molecule has 1 atom stereocenters.